The first-order valence-corrected chi connectivity index (χ1v) is 4.81. The van der Waals surface area contributed by atoms with Gasteiger partial charge >= 0.3 is 6.03 Å². The molecule has 2 N–H and O–H groups in total. The van der Waals surface area contributed by atoms with E-state index in [-0.39, 0.29) is 18.4 Å². The van der Waals surface area contributed by atoms with E-state index in [0.717, 1.165) is 25.8 Å². The largest absolute Gasteiger partial charge is 0.351 e. The van der Waals surface area contributed by atoms with Gasteiger partial charge in [-0.05, 0) is 19.3 Å². The highest BCUT2D eigenvalue weighted by molar-refractivity contribution is 5.85. The molecule has 2 amide bonds. The van der Waals surface area contributed by atoms with Crippen molar-refractivity contribution in [3.63, 3.8) is 0 Å². The van der Waals surface area contributed by atoms with E-state index in [4.69, 9.17) is 5.73 Å². The van der Waals surface area contributed by atoms with Crippen LogP contribution in [-0.2, 0) is 0 Å². The highest BCUT2D eigenvalue weighted by Crippen LogP contribution is 2.23. The van der Waals surface area contributed by atoms with Gasteiger partial charge in [0.25, 0.3) is 0 Å². The average Bonchev–Trinajstić information content (AvgIpc) is 2.51. The molecule has 0 saturated heterocycles. The van der Waals surface area contributed by atoms with E-state index >= 15 is 0 Å². The second-order valence-corrected chi connectivity index (χ2v) is 3.47. The number of rotatable bonds is 3. The standard InChI is InChI=1S/C9H18N2O.ClH/c1-2-7-11(9(10)12)8-5-3-4-6-8;/h8H,2-7H2,1H3,(H2,10,12);1H. The van der Waals surface area contributed by atoms with Crippen LogP contribution in [0.2, 0.25) is 0 Å². The minimum absolute atomic E-state index is 0. The van der Waals surface area contributed by atoms with Gasteiger partial charge in [-0.2, -0.15) is 0 Å². The van der Waals surface area contributed by atoms with Crippen LogP contribution in [0.25, 0.3) is 0 Å². The predicted molar refractivity (Wildman–Crippen MR) is 56.1 cm³/mol. The lowest BCUT2D eigenvalue weighted by Gasteiger charge is -2.26. The van der Waals surface area contributed by atoms with Gasteiger partial charge in [0.2, 0.25) is 0 Å². The fraction of sp³-hybridized carbons (Fsp3) is 0.889. The summed E-state index contributed by atoms with van der Waals surface area (Å²) in [6, 6.07) is 0.186. The van der Waals surface area contributed by atoms with Crippen molar-refractivity contribution in [2.45, 2.75) is 45.1 Å². The van der Waals surface area contributed by atoms with Crippen molar-refractivity contribution in [1.29, 1.82) is 0 Å². The fourth-order valence-electron chi connectivity index (χ4n) is 1.93. The molecule has 0 bridgehead atoms. The number of primary amides is 1. The van der Waals surface area contributed by atoms with Crippen LogP contribution in [0, 0.1) is 0 Å². The van der Waals surface area contributed by atoms with Gasteiger partial charge < -0.3 is 10.6 Å². The molecule has 1 rings (SSSR count). The predicted octanol–water partition coefficient (Wildman–Crippen LogP) is 2.14. The maximum Gasteiger partial charge on any atom is 0.315 e. The third-order valence-corrected chi connectivity index (χ3v) is 2.51. The van der Waals surface area contributed by atoms with Crippen LogP contribution in [0.15, 0.2) is 0 Å². The van der Waals surface area contributed by atoms with Crippen LogP contribution in [0.3, 0.4) is 0 Å². The van der Waals surface area contributed by atoms with Gasteiger partial charge in [-0.25, -0.2) is 4.79 Å². The smallest absolute Gasteiger partial charge is 0.315 e. The Kier molecular flexibility index (Phi) is 5.88. The first-order valence-electron chi connectivity index (χ1n) is 4.81. The van der Waals surface area contributed by atoms with Crippen LogP contribution >= 0.6 is 12.4 Å². The molecule has 1 fully saturated rings. The van der Waals surface area contributed by atoms with Crippen molar-refractivity contribution < 1.29 is 4.79 Å². The number of amides is 2. The summed E-state index contributed by atoms with van der Waals surface area (Å²) < 4.78 is 0. The Balaban J connectivity index is 0.00000144. The van der Waals surface area contributed by atoms with Crippen LogP contribution in [0.4, 0.5) is 4.79 Å². The minimum Gasteiger partial charge on any atom is -0.351 e. The second-order valence-electron chi connectivity index (χ2n) is 3.47. The van der Waals surface area contributed by atoms with Gasteiger partial charge in [-0.1, -0.05) is 19.8 Å². The summed E-state index contributed by atoms with van der Waals surface area (Å²) in [5, 5.41) is 0. The number of nitrogens with zero attached hydrogens (tertiary/aromatic N) is 1. The molecule has 1 aliphatic rings. The van der Waals surface area contributed by atoms with Crippen molar-refractivity contribution in [3.05, 3.63) is 0 Å². The zero-order valence-electron chi connectivity index (χ0n) is 8.16. The maximum absolute atomic E-state index is 11.0. The lowest BCUT2D eigenvalue weighted by Crippen LogP contribution is -2.42. The van der Waals surface area contributed by atoms with Crippen molar-refractivity contribution >= 4 is 18.4 Å². The summed E-state index contributed by atoms with van der Waals surface area (Å²) in [6.45, 7) is 2.89. The highest BCUT2D eigenvalue weighted by Gasteiger charge is 2.23. The highest BCUT2D eigenvalue weighted by atomic mass is 35.5. The van der Waals surface area contributed by atoms with Crippen LogP contribution in [0.5, 0.6) is 0 Å². The van der Waals surface area contributed by atoms with Crippen LogP contribution in [0.1, 0.15) is 39.0 Å². The molecule has 1 aliphatic carbocycles. The summed E-state index contributed by atoms with van der Waals surface area (Å²) in [7, 11) is 0. The lowest BCUT2D eigenvalue weighted by atomic mass is 10.2. The van der Waals surface area contributed by atoms with Gasteiger partial charge in [0, 0.05) is 12.6 Å². The SMILES string of the molecule is CCCN(C(N)=O)C1CCCC1.Cl. The summed E-state index contributed by atoms with van der Waals surface area (Å²) in [6.07, 6.45) is 5.78. The zero-order chi connectivity index (χ0) is 8.97. The third kappa shape index (κ3) is 3.43. The monoisotopic (exact) mass is 206 g/mol. The number of hydrogen-bond donors (Lipinski definition) is 1. The summed E-state index contributed by atoms with van der Waals surface area (Å²) in [5.74, 6) is 0. The molecule has 4 heteroatoms. The topological polar surface area (TPSA) is 46.3 Å². The third-order valence-electron chi connectivity index (χ3n) is 2.51. The Morgan fingerprint density at radius 2 is 2.00 bits per heavy atom. The molecule has 78 valence electrons. The lowest BCUT2D eigenvalue weighted by molar-refractivity contribution is 0.184. The van der Waals surface area contributed by atoms with E-state index in [9.17, 15) is 4.79 Å². The van der Waals surface area contributed by atoms with Crippen molar-refractivity contribution in [2.24, 2.45) is 5.73 Å². The van der Waals surface area contributed by atoms with Gasteiger partial charge in [0.05, 0.1) is 0 Å². The average molecular weight is 207 g/mol. The Bertz CT molecular complexity index is 158. The normalized spacial score (nSPS) is 16.7. The molecule has 0 atom stereocenters. The molecular formula is C9H19ClN2O. The quantitative estimate of drug-likeness (QED) is 0.756. The first-order chi connectivity index (χ1) is 5.75. The molecule has 3 nitrogen and oxygen atoms in total. The fourth-order valence-corrected chi connectivity index (χ4v) is 1.93. The number of nitrogens with two attached hydrogens (primary N) is 1. The number of carbonyl (C=O) groups excluding carboxylic acids is 1. The van der Waals surface area contributed by atoms with Gasteiger partial charge in [0.15, 0.2) is 0 Å². The molecule has 0 aromatic heterocycles. The molecule has 0 heterocycles. The molecule has 1 saturated carbocycles. The van der Waals surface area contributed by atoms with Gasteiger partial charge in [0.1, 0.15) is 0 Å². The number of halogens is 1. The number of carbonyl (C=O) groups is 1. The zero-order valence-corrected chi connectivity index (χ0v) is 8.98. The van der Waals surface area contributed by atoms with Crippen molar-refractivity contribution in [1.82, 2.24) is 4.90 Å². The molecule has 0 aromatic rings. The molecule has 0 aliphatic heterocycles. The molecule has 13 heavy (non-hydrogen) atoms. The van der Waals surface area contributed by atoms with E-state index in [0.29, 0.717) is 6.04 Å². The van der Waals surface area contributed by atoms with Crippen LogP contribution in [-0.4, -0.2) is 23.5 Å². The Morgan fingerprint density at radius 1 is 1.46 bits per heavy atom. The second kappa shape index (κ2) is 6.08. The molecular weight excluding hydrogens is 188 g/mol. The Labute approximate surface area is 86.1 Å². The van der Waals surface area contributed by atoms with Crippen LogP contribution < -0.4 is 5.73 Å². The molecule has 0 radical (unpaired) electrons. The van der Waals surface area contributed by atoms with Gasteiger partial charge in [-0.3, -0.25) is 0 Å². The molecule has 0 aromatic carbocycles. The van der Waals surface area contributed by atoms with E-state index in [2.05, 4.69) is 6.92 Å². The first kappa shape index (κ1) is 12.6. The molecule has 0 spiro atoms. The minimum atomic E-state index is -0.247. The van der Waals surface area contributed by atoms with Gasteiger partial charge in [-0.15, -0.1) is 12.4 Å². The summed E-state index contributed by atoms with van der Waals surface area (Å²) in [5.41, 5.74) is 5.29. The number of urea groups is 1. The van der Waals surface area contributed by atoms with E-state index < -0.39 is 0 Å². The van der Waals surface area contributed by atoms with E-state index in [1.807, 2.05) is 4.90 Å². The summed E-state index contributed by atoms with van der Waals surface area (Å²) in [4.78, 5) is 12.9. The molecule has 0 unspecified atom stereocenters. The number of hydrogen-bond acceptors (Lipinski definition) is 1. The van der Waals surface area contributed by atoms with Crippen molar-refractivity contribution in [3.8, 4) is 0 Å². The summed E-state index contributed by atoms with van der Waals surface area (Å²) >= 11 is 0. The Hall–Kier alpha value is -0.440. The van der Waals surface area contributed by atoms with E-state index in [1.165, 1.54) is 12.8 Å². The Morgan fingerprint density at radius 3 is 2.38 bits per heavy atom. The van der Waals surface area contributed by atoms with Crippen molar-refractivity contribution in [2.75, 3.05) is 6.54 Å². The maximum atomic E-state index is 11.0. The van der Waals surface area contributed by atoms with E-state index in [1.54, 1.807) is 0 Å².